The molecule has 0 aromatic carbocycles. The predicted octanol–water partition coefficient (Wildman–Crippen LogP) is 5.90. The predicted molar refractivity (Wildman–Crippen MR) is 75.7 cm³/mol. The fraction of sp³-hybridized carbons (Fsp3) is 0.750. The molecule has 0 amide bonds. The van der Waals surface area contributed by atoms with Crippen molar-refractivity contribution in [2.45, 2.75) is 73.1 Å². The largest absolute Gasteiger partial charge is 0.0843 e. The fourth-order valence-corrected chi connectivity index (χ4v) is 1.70. The molecular formula is C16H30. The van der Waals surface area contributed by atoms with Crippen LogP contribution < -0.4 is 0 Å². The second-order valence-electron chi connectivity index (χ2n) is 5.14. The van der Waals surface area contributed by atoms with Crippen LogP contribution in [-0.4, -0.2) is 0 Å². The van der Waals surface area contributed by atoms with Crippen LogP contribution >= 0.6 is 0 Å². The Bertz CT molecular complexity index is 216. The van der Waals surface area contributed by atoms with Crippen LogP contribution in [0.1, 0.15) is 73.1 Å². The van der Waals surface area contributed by atoms with E-state index in [1.165, 1.54) is 44.1 Å². The van der Waals surface area contributed by atoms with Gasteiger partial charge in [0, 0.05) is 0 Å². The highest BCUT2D eigenvalue weighted by Crippen LogP contribution is 2.19. The fourth-order valence-electron chi connectivity index (χ4n) is 1.70. The lowest BCUT2D eigenvalue weighted by atomic mass is 9.95. The van der Waals surface area contributed by atoms with Crippen LogP contribution in [0.4, 0.5) is 0 Å². The second kappa shape index (κ2) is 9.69. The Morgan fingerprint density at radius 3 is 2.31 bits per heavy atom. The molecule has 0 heteroatoms. The third-order valence-corrected chi connectivity index (χ3v) is 3.20. The van der Waals surface area contributed by atoms with Crippen molar-refractivity contribution < 1.29 is 0 Å². The molecule has 1 atom stereocenters. The van der Waals surface area contributed by atoms with Crippen LogP contribution in [0.3, 0.4) is 0 Å². The zero-order chi connectivity index (χ0) is 12.4. The minimum Gasteiger partial charge on any atom is -0.0843 e. The Morgan fingerprint density at radius 2 is 1.81 bits per heavy atom. The summed E-state index contributed by atoms with van der Waals surface area (Å²) in [5.41, 5.74) is 3.03. The maximum atomic E-state index is 2.36. The molecule has 0 spiro atoms. The van der Waals surface area contributed by atoms with Crippen molar-refractivity contribution in [3.8, 4) is 0 Å². The summed E-state index contributed by atoms with van der Waals surface area (Å²) in [6, 6.07) is 0. The normalized spacial score (nSPS) is 13.1. The van der Waals surface area contributed by atoms with Crippen LogP contribution in [0, 0.1) is 5.92 Å². The molecule has 0 rings (SSSR count). The molecule has 0 bridgehead atoms. The smallest absolute Gasteiger partial charge is 0.0254 e. The summed E-state index contributed by atoms with van der Waals surface area (Å²) in [5.74, 6) is 0.810. The van der Waals surface area contributed by atoms with E-state index in [1.54, 1.807) is 5.57 Å². The molecule has 0 aliphatic carbocycles. The lowest BCUT2D eigenvalue weighted by molar-refractivity contribution is 0.560. The summed E-state index contributed by atoms with van der Waals surface area (Å²) >= 11 is 0. The topological polar surface area (TPSA) is 0 Å². The summed E-state index contributed by atoms with van der Waals surface area (Å²) < 4.78 is 0. The highest BCUT2D eigenvalue weighted by molar-refractivity contribution is 5.23. The third kappa shape index (κ3) is 7.73. The van der Waals surface area contributed by atoms with Gasteiger partial charge in [0.2, 0.25) is 0 Å². The third-order valence-electron chi connectivity index (χ3n) is 3.20. The van der Waals surface area contributed by atoms with Crippen molar-refractivity contribution in [3.05, 3.63) is 23.3 Å². The van der Waals surface area contributed by atoms with Gasteiger partial charge in [-0.2, -0.15) is 0 Å². The maximum absolute atomic E-state index is 2.36. The Labute approximate surface area is 103 Å². The SMILES string of the molecule is CCCCCC=CC(CC(C)CC)=C(C)C. The molecule has 0 aromatic rings. The van der Waals surface area contributed by atoms with Crippen LogP contribution in [0.25, 0.3) is 0 Å². The molecule has 0 aliphatic rings. The Kier molecular flexibility index (Phi) is 9.37. The average molecular weight is 222 g/mol. The number of unbranched alkanes of at least 4 members (excludes halogenated alkanes) is 3. The zero-order valence-electron chi connectivity index (χ0n) is 12.0. The van der Waals surface area contributed by atoms with Crippen molar-refractivity contribution in [1.29, 1.82) is 0 Å². The van der Waals surface area contributed by atoms with E-state index in [-0.39, 0.29) is 0 Å². The lowest BCUT2D eigenvalue weighted by Gasteiger charge is -2.11. The van der Waals surface area contributed by atoms with Crippen LogP contribution in [0.15, 0.2) is 23.3 Å². The summed E-state index contributed by atoms with van der Waals surface area (Å²) in [7, 11) is 0. The molecule has 0 aliphatic heterocycles. The van der Waals surface area contributed by atoms with Crippen molar-refractivity contribution >= 4 is 0 Å². The van der Waals surface area contributed by atoms with Gasteiger partial charge in [0.25, 0.3) is 0 Å². The van der Waals surface area contributed by atoms with Gasteiger partial charge < -0.3 is 0 Å². The Balaban J connectivity index is 4.10. The molecule has 0 aromatic heterocycles. The van der Waals surface area contributed by atoms with Crippen molar-refractivity contribution in [1.82, 2.24) is 0 Å². The van der Waals surface area contributed by atoms with Gasteiger partial charge in [-0.1, -0.05) is 57.8 Å². The molecule has 1 unspecified atom stereocenters. The van der Waals surface area contributed by atoms with Gasteiger partial charge in [-0.05, 0) is 44.6 Å². The van der Waals surface area contributed by atoms with Crippen LogP contribution in [0.5, 0.6) is 0 Å². The van der Waals surface area contributed by atoms with E-state index < -0.39 is 0 Å². The summed E-state index contributed by atoms with van der Waals surface area (Å²) in [4.78, 5) is 0. The van der Waals surface area contributed by atoms with E-state index in [2.05, 4.69) is 46.8 Å². The average Bonchev–Trinajstić information content (AvgIpc) is 2.26. The molecular weight excluding hydrogens is 192 g/mol. The van der Waals surface area contributed by atoms with E-state index >= 15 is 0 Å². The molecule has 0 fully saturated rings. The summed E-state index contributed by atoms with van der Waals surface area (Å²) in [6.45, 7) is 11.3. The van der Waals surface area contributed by atoms with Crippen molar-refractivity contribution in [2.24, 2.45) is 5.92 Å². The van der Waals surface area contributed by atoms with Gasteiger partial charge in [-0.15, -0.1) is 0 Å². The molecule has 0 N–H and O–H groups in total. The van der Waals surface area contributed by atoms with Gasteiger partial charge in [-0.25, -0.2) is 0 Å². The number of hydrogen-bond acceptors (Lipinski definition) is 0. The molecule has 16 heavy (non-hydrogen) atoms. The van der Waals surface area contributed by atoms with Gasteiger partial charge in [-0.3, -0.25) is 0 Å². The minimum absolute atomic E-state index is 0.810. The van der Waals surface area contributed by atoms with E-state index in [0.717, 1.165) is 5.92 Å². The first-order valence-electron chi connectivity index (χ1n) is 6.94. The molecule has 0 heterocycles. The van der Waals surface area contributed by atoms with Crippen LogP contribution in [-0.2, 0) is 0 Å². The minimum atomic E-state index is 0.810. The number of rotatable bonds is 8. The maximum Gasteiger partial charge on any atom is -0.0254 e. The summed E-state index contributed by atoms with van der Waals surface area (Å²) in [5, 5.41) is 0. The Morgan fingerprint density at radius 1 is 1.12 bits per heavy atom. The molecule has 94 valence electrons. The van der Waals surface area contributed by atoms with Crippen LogP contribution in [0.2, 0.25) is 0 Å². The van der Waals surface area contributed by atoms with Crippen molar-refractivity contribution in [2.75, 3.05) is 0 Å². The van der Waals surface area contributed by atoms with E-state index in [9.17, 15) is 0 Å². The zero-order valence-corrected chi connectivity index (χ0v) is 12.0. The molecule has 0 radical (unpaired) electrons. The number of allylic oxidation sites excluding steroid dienone is 4. The first-order chi connectivity index (χ1) is 7.61. The second-order valence-corrected chi connectivity index (χ2v) is 5.14. The molecule has 0 saturated carbocycles. The summed E-state index contributed by atoms with van der Waals surface area (Å²) in [6.07, 6.45) is 12.5. The number of hydrogen-bond donors (Lipinski definition) is 0. The van der Waals surface area contributed by atoms with Gasteiger partial charge in [0.15, 0.2) is 0 Å². The van der Waals surface area contributed by atoms with E-state index in [1.807, 2.05) is 0 Å². The highest BCUT2D eigenvalue weighted by atomic mass is 14.1. The van der Waals surface area contributed by atoms with Gasteiger partial charge in [0.1, 0.15) is 0 Å². The standard InChI is InChI=1S/C16H30/c1-6-8-9-10-11-12-16(14(3)4)13-15(5)7-2/h11-12,15H,6-10,13H2,1-5H3. The molecule has 0 nitrogen and oxygen atoms in total. The van der Waals surface area contributed by atoms with Crippen molar-refractivity contribution in [3.63, 3.8) is 0 Å². The van der Waals surface area contributed by atoms with E-state index in [4.69, 9.17) is 0 Å². The van der Waals surface area contributed by atoms with Gasteiger partial charge >= 0.3 is 0 Å². The first kappa shape index (κ1) is 15.5. The lowest BCUT2D eigenvalue weighted by Crippen LogP contribution is -1.95. The quantitative estimate of drug-likeness (QED) is 0.354. The van der Waals surface area contributed by atoms with E-state index in [0.29, 0.717) is 0 Å². The highest BCUT2D eigenvalue weighted by Gasteiger charge is 2.02. The first-order valence-corrected chi connectivity index (χ1v) is 6.94. The monoisotopic (exact) mass is 222 g/mol. The Hall–Kier alpha value is -0.520. The molecule has 0 saturated heterocycles. The van der Waals surface area contributed by atoms with Gasteiger partial charge in [0.05, 0.1) is 0 Å².